The highest BCUT2D eigenvalue weighted by Gasteiger charge is 2.15. The molecule has 0 radical (unpaired) electrons. The zero-order valence-corrected chi connectivity index (χ0v) is 16.8. The van der Waals surface area contributed by atoms with Crippen LogP contribution in [-0.4, -0.2) is 18.1 Å². The molecule has 28 heavy (non-hydrogen) atoms. The van der Waals surface area contributed by atoms with E-state index in [0.717, 1.165) is 39.3 Å². The van der Waals surface area contributed by atoms with Crippen LogP contribution in [0.15, 0.2) is 60.8 Å². The molecule has 3 heterocycles. The van der Waals surface area contributed by atoms with Crippen LogP contribution in [0.3, 0.4) is 0 Å². The standard InChI is InChI=1S/C20H13Cl2N5S/c21-13-6-4-12(5-7-13)19-17(27-11-14(22)8-9-18(27)24-19)10-23-15-2-1-3-16-20(15)26-28-25-16/h1-9,11,23H,10H2. The van der Waals surface area contributed by atoms with E-state index < -0.39 is 0 Å². The minimum Gasteiger partial charge on any atom is -0.378 e. The minimum atomic E-state index is 0.552. The van der Waals surface area contributed by atoms with Crippen molar-refractivity contribution in [2.24, 2.45) is 0 Å². The quantitative estimate of drug-likeness (QED) is 0.387. The highest BCUT2D eigenvalue weighted by Crippen LogP contribution is 2.29. The number of hydrogen-bond donors (Lipinski definition) is 1. The number of nitrogens with zero attached hydrogens (tertiary/aromatic N) is 4. The van der Waals surface area contributed by atoms with Crippen LogP contribution in [0.4, 0.5) is 5.69 Å². The molecule has 0 unspecified atom stereocenters. The van der Waals surface area contributed by atoms with E-state index in [-0.39, 0.29) is 0 Å². The first-order chi connectivity index (χ1) is 13.7. The Morgan fingerprint density at radius 2 is 1.75 bits per heavy atom. The van der Waals surface area contributed by atoms with Crippen molar-refractivity contribution >= 4 is 57.3 Å². The monoisotopic (exact) mass is 425 g/mol. The molecule has 0 amide bonds. The maximum atomic E-state index is 6.24. The van der Waals surface area contributed by atoms with Gasteiger partial charge < -0.3 is 9.72 Å². The lowest BCUT2D eigenvalue weighted by Crippen LogP contribution is -2.04. The molecule has 8 heteroatoms. The summed E-state index contributed by atoms with van der Waals surface area (Å²) in [6.07, 6.45) is 1.88. The van der Waals surface area contributed by atoms with Crippen molar-refractivity contribution in [2.75, 3.05) is 5.32 Å². The predicted octanol–water partition coefficient (Wildman–Crippen LogP) is 5.92. The molecule has 0 aliphatic carbocycles. The smallest absolute Gasteiger partial charge is 0.137 e. The van der Waals surface area contributed by atoms with Gasteiger partial charge in [0.05, 0.1) is 40.4 Å². The van der Waals surface area contributed by atoms with Crippen LogP contribution in [-0.2, 0) is 6.54 Å². The van der Waals surface area contributed by atoms with Gasteiger partial charge in [-0.05, 0) is 36.4 Å². The zero-order chi connectivity index (χ0) is 19.1. The maximum absolute atomic E-state index is 6.24. The molecule has 3 aromatic heterocycles. The summed E-state index contributed by atoms with van der Waals surface area (Å²) in [5.74, 6) is 0. The van der Waals surface area contributed by atoms with Crippen LogP contribution in [0, 0.1) is 0 Å². The molecule has 0 saturated heterocycles. The topological polar surface area (TPSA) is 55.1 Å². The Kier molecular flexibility index (Phi) is 4.39. The van der Waals surface area contributed by atoms with Crippen molar-refractivity contribution < 1.29 is 0 Å². The third-order valence-electron chi connectivity index (χ3n) is 4.53. The van der Waals surface area contributed by atoms with E-state index in [1.807, 2.05) is 65.2 Å². The Morgan fingerprint density at radius 3 is 2.61 bits per heavy atom. The lowest BCUT2D eigenvalue weighted by Gasteiger charge is -2.09. The van der Waals surface area contributed by atoms with Crippen LogP contribution in [0.1, 0.15) is 5.69 Å². The second-order valence-electron chi connectivity index (χ2n) is 6.28. The average Bonchev–Trinajstić information content (AvgIpc) is 3.31. The third kappa shape index (κ3) is 3.09. The van der Waals surface area contributed by atoms with Crippen molar-refractivity contribution in [3.05, 3.63) is 76.5 Å². The minimum absolute atomic E-state index is 0.552. The van der Waals surface area contributed by atoms with E-state index in [4.69, 9.17) is 28.2 Å². The molecule has 5 rings (SSSR count). The predicted molar refractivity (Wildman–Crippen MR) is 115 cm³/mol. The Hall–Kier alpha value is -2.67. The molecule has 0 fully saturated rings. The SMILES string of the molecule is Clc1ccc(-c2nc3ccc(Cl)cn3c2CNc2cccc3nsnc23)cc1. The van der Waals surface area contributed by atoms with Gasteiger partial charge in [-0.3, -0.25) is 0 Å². The van der Waals surface area contributed by atoms with Crippen molar-refractivity contribution in [1.82, 2.24) is 18.1 Å². The van der Waals surface area contributed by atoms with E-state index in [2.05, 4.69) is 14.1 Å². The fourth-order valence-corrected chi connectivity index (χ4v) is 4.04. The number of nitrogens with one attached hydrogen (secondary N) is 1. The van der Waals surface area contributed by atoms with E-state index in [1.165, 1.54) is 11.7 Å². The number of imidazole rings is 1. The lowest BCUT2D eigenvalue weighted by atomic mass is 10.1. The Bertz CT molecular complexity index is 1290. The molecular formula is C20H13Cl2N5S. The van der Waals surface area contributed by atoms with E-state index in [1.54, 1.807) is 0 Å². The van der Waals surface area contributed by atoms with Gasteiger partial charge in [-0.2, -0.15) is 8.75 Å². The number of anilines is 1. The number of halogens is 2. The highest BCUT2D eigenvalue weighted by atomic mass is 35.5. The van der Waals surface area contributed by atoms with Gasteiger partial charge in [-0.25, -0.2) is 4.98 Å². The molecule has 1 N–H and O–H groups in total. The Labute approximate surface area is 174 Å². The van der Waals surface area contributed by atoms with Crippen LogP contribution >= 0.6 is 34.9 Å². The van der Waals surface area contributed by atoms with Crippen LogP contribution < -0.4 is 5.32 Å². The summed E-state index contributed by atoms with van der Waals surface area (Å²) in [5, 5.41) is 4.83. The summed E-state index contributed by atoms with van der Waals surface area (Å²) < 4.78 is 10.7. The molecule has 5 nitrogen and oxygen atoms in total. The van der Waals surface area contributed by atoms with Crippen molar-refractivity contribution in [3.63, 3.8) is 0 Å². The Morgan fingerprint density at radius 1 is 0.929 bits per heavy atom. The van der Waals surface area contributed by atoms with E-state index in [0.29, 0.717) is 16.6 Å². The lowest BCUT2D eigenvalue weighted by molar-refractivity contribution is 1.01. The van der Waals surface area contributed by atoms with Crippen molar-refractivity contribution in [2.45, 2.75) is 6.54 Å². The third-order valence-corrected chi connectivity index (χ3v) is 5.55. The van der Waals surface area contributed by atoms with E-state index in [9.17, 15) is 0 Å². The molecule has 138 valence electrons. The molecule has 0 atom stereocenters. The van der Waals surface area contributed by atoms with E-state index >= 15 is 0 Å². The second kappa shape index (κ2) is 7.05. The summed E-state index contributed by atoms with van der Waals surface area (Å²) in [4.78, 5) is 4.81. The first-order valence-corrected chi connectivity index (χ1v) is 10.1. The van der Waals surface area contributed by atoms with Gasteiger partial charge in [0.2, 0.25) is 0 Å². The highest BCUT2D eigenvalue weighted by molar-refractivity contribution is 7.00. The largest absolute Gasteiger partial charge is 0.378 e. The second-order valence-corrected chi connectivity index (χ2v) is 7.68. The summed E-state index contributed by atoms with van der Waals surface area (Å²) in [6, 6.07) is 17.4. The zero-order valence-electron chi connectivity index (χ0n) is 14.4. The van der Waals surface area contributed by atoms with Crippen molar-refractivity contribution in [1.29, 1.82) is 0 Å². The number of aromatic nitrogens is 4. The summed E-state index contributed by atoms with van der Waals surface area (Å²) in [5.41, 5.74) is 6.40. The summed E-state index contributed by atoms with van der Waals surface area (Å²) in [6.45, 7) is 0.552. The van der Waals surface area contributed by atoms with Gasteiger partial charge in [-0.1, -0.05) is 41.4 Å². The first kappa shape index (κ1) is 17.4. The maximum Gasteiger partial charge on any atom is 0.137 e. The molecular weight excluding hydrogens is 413 g/mol. The van der Waals surface area contributed by atoms with Crippen LogP contribution in [0.5, 0.6) is 0 Å². The molecule has 5 aromatic rings. The van der Waals surface area contributed by atoms with Crippen molar-refractivity contribution in [3.8, 4) is 11.3 Å². The van der Waals surface area contributed by atoms with Crippen LogP contribution in [0.2, 0.25) is 10.0 Å². The molecule has 2 aromatic carbocycles. The number of benzene rings is 2. The number of pyridine rings is 1. The first-order valence-electron chi connectivity index (χ1n) is 8.56. The fraction of sp³-hybridized carbons (Fsp3) is 0.0500. The molecule has 0 aliphatic heterocycles. The molecule has 0 bridgehead atoms. The van der Waals surface area contributed by atoms with Gasteiger partial charge in [0.25, 0.3) is 0 Å². The molecule has 0 spiro atoms. The van der Waals surface area contributed by atoms with Gasteiger partial charge in [0, 0.05) is 16.8 Å². The van der Waals surface area contributed by atoms with Gasteiger partial charge in [0.1, 0.15) is 16.7 Å². The number of fused-ring (bicyclic) bond motifs is 2. The molecule has 0 saturated carbocycles. The normalized spacial score (nSPS) is 11.4. The average molecular weight is 426 g/mol. The summed E-state index contributed by atoms with van der Waals surface area (Å²) >= 11 is 13.5. The van der Waals surface area contributed by atoms with Gasteiger partial charge >= 0.3 is 0 Å². The van der Waals surface area contributed by atoms with Gasteiger partial charge in [0.15, 0.2) is 0 Å². The number of rotatable bonds is 4. The Balaban J connectivity index is 1.60. The fourth-order valence-electron chi connectivity index (χ4n) is 3.20. The summed E-state index contributed by atoms with van der Waals surface area (Å²) in [7, 11) is 0. The van der Waals surface area contributed by atoms with Gasteiger partial charge in [-0.15, -0.1) is 0 Å². The number of hydrogen-bond acceptors (Lipinski definition) is 5. The molecule has 0 aliphatic rings. The van der Waals surface area contributed by atoms with Crippen LogP contribution in [0.25, 0.3) is 27.9 Å².